The molecule has 0 aromatic heterocycles. The van der Waals surface area contributed by atoms with Gasteiger partial charge in [-0.05, 0) is 48.9 Å². The lowest BCUT2D eigenvalue weighted by atomic mass is 10.2. The van der Waals surface area contributed by atoms with Gasteiger partial charge < -0.3 is 4.74 Å². The van der Waals surface area contributed by atoms with Gasteiger partial charge in [0.2, 0.25) is 10.0 Å². The van der Waals surface area contributed by atoms with E-state index in [9.17, 15) is 12.8 Å². The van der Waals surface area contributed by atoms with Crippen LogP contribution in [0, 0.1) is 5.82 Å². The van der Waals surface area contributed by atoms with Crippen LogP contribution in [0.25, 0.3) is 0 Å². The fraction of sp³-hybridized carbons (Fsp3) is 0.200. The van der Waals surface area contributed by atoms with Gasteiger partial charge in [-0.2, -0.15) is 0 Å². The van der Waals surface area contributed by atoms with Crippen molar-refractivity contribution in [2.24, 2.45) is 0 Å². The zero-order valence-electron chi connectivity index (χ0n) is 11.5. The molecule has 0 aliphatic carbocycles. The average Bonchev–Trinajstić information content (AvgIpc) is 2.47. The van der Waals surface area contributed by atoms with Crippen molar-refractivity contribution in [2.75, 3.05) is 6.61 Å². The van der Waals surface area contributed by atoms with Crippen molar-refractivity contribution in [2.45, 2.75) is 18.4 Å². The highest BCUT2D eigenvalue weighted by Gasteiger charge is 2.13. The summed E-state index contributed by atoms with van der Waals surface area (Å²) >= 11 is 0. The van der Waals surface area contributed by atoms with Crippen molar-refractivity contribution < 1.29 is 17.5 Å². The third-order valence-electron chi connectivity index (χ3n) is 2.80. The van der Waals surface area contributed by atoms with E-state index in [4.69, 9.17) is 4.74 Å². The van der Waals surface area contributed by atoms with Crippen LogP contribution >= 0.6 is 0 Å². The topological polar surface area (TPSA) is 55.4 Å². The molecule has 0 heterocycles. The van der Waals surface area contributed by atoms with Crippen molar-refractivity contribution in [1.29, 1.82) is 0 Å². The molecule has 2 aromatic carbocycles. The number of hydrogen-bond acceptors (Lipinski definition) is 3. The first kappa shape index (κ1) is 15.5. The summed E-state index contributed by atoms with van der Waals surface area (Å²) in [6.45, 7) is 2.56. The van der Waals surface area contributed by atoms with E-state index in [0.717, 1.165) is 17.7 Å². The van der Waals surface area contributed by atoms with E-state index in [1.807, 2.05) is 13.0 Å². The Morgan fingerprint density at radius 2 is 1.86 bits per heavy atom. The zero-order valence-corrected chi connectivity index (χ0v) is 12.4. The van der Waals surface area contributed by atoms with Crippen molar-refractivity contribution in [3.05, 3.63) is 59.9 Å². The molecule has 0 amide bonds. The Labute approximate surface area is 123 Å². The van der Waals surface area contributed by atoms with E-state index in [1.54, 1.807) is 18.2 Å². The van der Waals surface area contributed by atoms with Gasteiger partial charge in [0.1, 0.15) is 11.6 Å². The maximum Gasteiger partial charge on any atom is 0.240 e. The minimum atomic E-state index is -3.66. The van der Waals surface area contributed by atoms with Gasteiger partial charge in [0.25, 0.3) is 0 Å². The Balaban J connectivity index is 2.08. The number of hydrogen-bond donors (Lipinski definition) is 1. The molecule has 4 nitrogen and oxygen atoms in total. The lowest BCUT2D eigenvalue weighted by molar-refractivity contribution is 0.340. The van der Waals surface area contributed by atoms with Crippen molar-refractivity contribution in [3.63, 3.8) is 0 Å². The van der Waals surface area contributed by atoms with Crippen LogP contribution < -0.4 is 9.46 Å². The van der Waals surface area contributed by atoms with Crippen LogP contribution in [-0.2, 0) is 16.6 Å². The molecule has 0 bridgehead atoms. The summed E-state index contributed by atoms with van der Waals surface area (Å²) in [5, 5.41) is 0. The molecular weight excluding hydrogens is 293 g/mol. The lowest BCUT2D eigenvalue weighted by Gasteiger charge is -2.08. The highest BCUT2D eigenvalue weighted by Crippen LogP contribution is 2.15. The predicted octanol–water partition coefficient (Wildman–Crippen LogP) is 2.70. The van der Waals surface area contributed by atoms with E-state index in [1.165, 1.54) is 12.1 Å². The molecule has 0 fully saturated rings. The Morgan fingerprint density at radius 1 is 1.14 bits per heavy atom. The number of benzene rings is 2. The van der Waals surface area contributed by atoms with Gasteiger partial charge in [0.05, 0.1) is 11.5 Å². The van der Waals surface area contributed by atoms with Gasteiger partial charge >= 0.3 is 0 Å². The minimum Gasteiger partial charge on any atom is -0.494 e. The molecule has 0 aliphatic heterocycles. The smallest absolute Gasteiger partial charge is 0.240 e. The molecule has 0 radical (unpaired) electrons. The molecule has 0 atom stereocenters. The van der Waals surface area contributed by atoms with Gasteiger partial charge in [-0.25, -0.2) is 17.5 Å². The quantitative estimate of drug-likeness (QED) is 0.892. The third-order valence-corrected chi connectivity index (χ3v) is 4.22. The zero-order chi connectivity index (χ0) is 15.3. The molecule has 1 N–H and O–H groups in total. The van der Waals surface area contributed by atoms with Gasteiger partial charge in [0, 0.05) is 6.54 Å². The number of halogens is 1. The lowest BCUT2D eigenvalue weighted by Crippen LogP contribution is -2.23. The minimum absolute atomic E-state index is 0.0323. The second kappa shape index (κ2) is 6.69. The van der Waals surface area contributed by atoms with Crippen LogP contribution in [0.5, 0.6) is 5.75 Å². The molecular formula is C15H16FNO3S. The molecule has 0 unspecified atom stereocenters. The first-order chi connectivity index (χ1) is 10.0. The molecule has 0 aliphatic rings. The van der Waals surface area contributed by atoms with E-state index < -0.39 is 15.8 Å². The standard InChI is InChI=1S/C15H16FNO3S/c1-2-20-14-5-3-4-12(10-14)11-17-21(18,19)15-8-6-13(16)7-9-15/h3-10,17H,2,11H2,1H3. The SMILES string of the molecule is CCOc1cccc(CNS(=O)(=O)c2ccc(F)cc2)c1. The Hall–Kier alpha value is -1.92. The van der Waals surface area contributed by atoms with Gasteiger partial charge in [0.15, 0.2) is 0 Å². The fourth-order valence-corrected chi connectivity index (χ4v) is 2.81. The second-order valence-corrected chi connectivity index (χ2v) is 6.13. The number of ether oxygens (including phenoxy) is 1. The Kier molecular flexibility index (Phi) is 4.93. The normalized spacial score (nSPS) is 11.3. The van der Waals surface area contributed by atoms with Crippen molar-refractivity contribution in [1.82, 2.24) is 4.72 Å². The summed E-state index contributed by atoms with van der Waals surface area (Å²) in [7, 11) is -3.66. The first-order valence-electron chi connectivity index (χ1n) is 6.48. The van der Waals surface area contributed by atoms with Crippen LogP contribution in [0.15, 0.2) is 53.4 Å². The van der Waals surface area contributed by atoms with E-state index in [2.05, 4.69) is 4.72 Å². The Morgan fingerprint density at radius 3 is 2.52 bits per heavy atom. The van der Waals surface area contributed by atoms with Crippen molar-refractivity contribution in [3.8, 4) is 5.75 Å². The van der Waals surface area contributed by atoms with Crippen LogP contribution in [0.2, 0.25) is 0 Å². The molecule has 21 heavy (non-hydrogen) atoms. The van der Waals surface area contributed by atoms with Crippen LogP contribution in [0.3, 0.4) is 0 Å². The van der Waals surface area contributed by atoms with Gasteiger partial charge in [-0.1, -0.05) is 12.1 Å². The largest absolute Gasteiger partial charge is 0.494 e. The van der Waals surface area contributed by atoms with E-state index in [0.29, 0.717) is 12.4 Å². The van der Waals surface area contributed by atoms with Crippen LogP contribution in [-0.4, -0.2) is 15.0 Å². The number of rotatable bonds is 6. The van der Waals surface area contributed by atoms with E-state index in [-0.39, 0.29) is 11.4 Å². The molecule has 112 valence electrons. The van der Waals surface area contributed by atoms with Crippen molar-refractivity contribution >= 4 is 10.0 Å². The first-order valence-corrected chi connectivity index (χ1v) is 7.96. The maximum atomic E-state index is 12.8. The number of nitrogens with one attached hydrogen (secondary N) is 1. The summed E-state index contributed by atoms with van der Waals surface area (Å²) in [6.07, 6.45) is 0. The summed E-state index contributed by atoms with van der Waals surface area (Å²) < 4.78 is 44.8. The summed E-state index contributed by atoms with van der Waals surface area (Å²) in [5.41, 5.74) is 0.784. The van der Waals surface area contributed by atoms with Crippen LogP contribution in [0.1, 0.15) is 12.5 Å². The van der Waals surface area contributed by atoms with Crippen LogP contribution in [0.4, 0.5) is 4.39 Å². The highest BCUT2D eigenvalue weighted by molar-refractivity contribution is 7.89. The monoisotopic (exact) mass is 309 g/mol. The second-order valence-electron chi connectivity index (χ2n) is 4.36. The average molecular weight is 309 g/mol. The summed E-state index contributed by atoms with van der Waals surface area (Å²) in [4.78, 5) is 0.0323. The Bertz CT molecular complexity index is 699. The molecule has 6 heteroatoms. The molecule has 0 saturated carbocycles. The van der Waals surface area contributed by atoms with Gasteiger partial charge in [-0.15, -0.1) is 0 Å². The molecule has 2 rings (SSSR count). The molecule has 2 aromatic rings. The molecule has 0 spiro atoms. The fourth-order valence-electron chi connectivity index (χ4n) is 1.79. The highest BCUT2D eigenvalue weighted by atomic mass is 32.2. The summed E-state index contributed by atoms with van der Waals surface area (Å²) in [5.74, 6) is 0.217. The van der Waals surface area contributed by atoms with Gasteiger partial charge in [-0.3, -0.25) is 0 Å². The molecule has 0 saturated heterocycles. The van der Waals surface area contributed by atoms with E-state index >= 15 is 0 Å². The maximum absolute atomic E-state index is 12.8. The third kappa shape index (κ3) is 4.27. The number of sulfonamides is 1. The predicted molar refractivity (Wildman–Crippen MR) is 78.0 cm³/mol. The summed E-state index contributed by atoms with van der Waals surface area (Å²) in [6, 6.07) is 11.9.